The van der Waals surface area contributed by atoms with Crippen LogP contribution in [-0.2, 0) is 0 Å². The molecule has 0 fully saturated rings. The van der Waals surface area contributed by atoms with Crippen molar-refractivity contribution in [3.05, 3.63) is 98.3 Å². The molecular formula is C28H30N4. The second-order valence-electron chi connectivity index (χ2n) is 8.94. The van der Waals surface area contributed by atoms with Gasteiger partial charge in [0, 0.05) is 39.0 Å². The second-order valence-corrected chi connectivity index (χ2v) is 8.94. The Balaban J connectivity index is 1.78. The van der Waals surface area contributed by atoms with Gasteiger partial charge in [0.2, 0.25) is 0 Å². The number of nitrogens with one attached hydrogen (secondary N) is 4. The second kappa shape index (κ2) is 7.49. The molecule has 0 amide bonds. The van der Waals surface area contributed by atoms with Crippen LogP contribution in [0.3, 0.4) is 0 Å². The molecular weight excluding hydrogens is 392 g/mol. The van der Waals surface area contributed by atoms with E-state index in [1.54, 1.807) is 0 Å². The van der Waals surface area contributed by atoms with E-state index in [1.807, 2.05) is 12.2 Å². The molecule has 5 rings (SSSR count). The van der Waals surface area contributed by atoms with Crippen LogP contribution in [0.2, 0.25) is 0 Å². The number of allylic oxidation sites excluding steroid dienone is 2. The summed E-state index contributed by atoms with van der Waals surface area (Å²) in [4.78, 5) is 7.22. The van der Waals surface area contributed by atoms with Gasteiger partial charge in [-0.15, -0.1) is 0 Å². The van der Waals surface area contributed by atoms with Gasteiger partial charge in [0.1, 0.15) is 0 Å². The minimum Gasteiger partial charge on any atom is -0.375 e. The predicted octanol–water partition coefficient (Wildman–Crippen LogP) is 3.95. The lowest BCUT2D eigenvalue weighted by atomic mass is 10.0. The number of hydrogen-bond donors (Lipinski definition) is 4. The van der Waals surface area contributed by atoms with Crippen LogP contribution >= 0.6 is 0 Å². The van der Waals surface area contributed by atoms with E-state index in [2.05, 4.69) is 97.9 Å². The summed E-state index contributed by atoms with van der Waals surface area (Å²) < 4.78 is 0. The summed E-state index contributed by atoms with van der Waals surface area (Å²) in [6.45, 7) is 16.8. The molecule has 2 atom stereocenters. The zero-order valence-electron chi connectivity index (χ0n) is 19.2. The Morgan fingerprint density at radius 1 is 0.844 bits per heavy atom. The highest BCUT2D eigenvalue weighted by molar-refractivity contribution is 5.69. The van der Waals surface area contributed by atoms with Crippen LogP contribution in [0.5, 0.6) is 0 Å². The summed E-state index contributed by atoms with van der Waals surface area (Å²) >= 11 is 0. The summed E-state index contributed by atoms with van der Waals surface area (Å²) in [5.74, 6) is 0. The monoisotopic (exact) mass is 422 g/mol. The number of aromatic amines is 2. The number of H-pyrrole nitrogens is 2. The first-order chi connectivity index (χ1) is 15.4. The molecule has 0 aromatic carbocycles. The number of hydrogen-bond acceptors (Lipinski definition) is 2. The van der Waals surface area contributed by atoms with Crippen molar-refractivity contribution in [2.75, 3.05) is 0 Å². The molecule has 3 aliphatic heterocycles. The first-order valence-electron chi connectivity index (χ1n) is 11.1. The van der Waals surface area contributed by atoms with E-state index in [-0.39, 0.29) is 12.1 Å². The van der Waals surface area contributed by atoms with E-state index in [0.717, 1.165) is 44.6 Å². The lowest BCUT2D eigenvalue weighted by Crippen LogP contribution is -2.26. The highest BCUT2D eigenvalue weighted by Gasteiger charge is 2.24. The molecule has 4 heteroatoms. The fourth-order valence-electron chi connectivity index (χ4n) is 4.91. The maximum atomic E-state index is 4.08. The van der Waals surface area contributed by atoms with E-state index in [4.69, 9.17) is 0 Å². The lowest BCUT2D eigenvalue weighted by molar-refractivity contribution is 0.840. The number of aryl methyl sites for hydroxylation is 1. The SMILES string of the molecule is C=CC1=C(C)C2/C=c3\[nH]/c(c(C)c3C=C)=C\C3N/C(=C\c4cc(C)c([nH]4)/C=C/1N2)C=C3C. The molecule has 0 aliphatic carbocycles. The van der Waals surface area contributed by atoms with Crippen LogP contribution in [-0.4, -0.2) is 22.1 Å². The van der Waals surface area contributed by atoms with Crippen molar-refractivity contribution in [1.82, 2.24) is 20.6 Å². The van der Waals surface area contributed by atoms with E-state index < -0.39 is 0 Å². The Hall–Kier alpha value is -3.66. The van der Waals surface area contributed by atoms with Crippen LogP contribution in [0.1, 0.15) is 41.9 Å². The van der Waals surface area contributed by atoms with Crippen LogP contribution < -0.4 is 21.3 Å². The first kappa shape index (κ1) is 20.3. The molecule has 162 valence electrons. The Bertz CT molecular complexity index is 1400. The maximum Gasteiger partial charge on any atom is 0.0688 e. The predicted molar refractivity (Wildman–Crippen MR) is 136 cm³/mol. The molecule has 0 saturated heterocycles. The van der Waals surface area contributed by atoms with E-state index in [1.165, 1.54) is 22.3 Å². The molecule has 8 bridgehead atoms. The quantitative estimate of drug-likeness (QED) is 0.592. The lowest BCUT2D eigenvalue weighted by Gasteiger charge is -2.09. The highest BCUT2D eigenvalue weighted by Crippen LogP contribution is 2.29. The fourth-order valence-corrected chi connectivity index (χ4v) is 4.91. The van der Waals surface area contributed by atoms with Crippen molar-refractivity contribution in [3.63, 3.8) is 0 Å². The number of aromatic nitrogens is 2. The normalized spacial score (nSPS) is 26.9. The van der Waals surface area contributed by atoms with Gasteiger partial charge in [-0.3, -0.25) is 0 Å². The fraction of sp³-hybridized carbons (Fsp3) is 0.214. The van der Waals surface area contributed by atoms with Gasteiger partial charge in [0.05, 0.1) is 12.1 Å². The highest BCUT2D eigenvalue weighted by atomic mass is 15.0. The third-order valence-corrected chi connectivity index (χ3v) is 6.81. The minimum absolute atomic E-state index is 0.0826. The van der Waals surface area contributed by atoms with Gasteiger partial charge < -0.3 is 20.6 Å². The summed E-state index contributed by atoms with van der Waals surface area (Å²) in [6.07, 6.45) is 15.0. The van der Waals surface area contributed by atoms with Gasteiger partial charge in [-0.25, -0.2) is 0 Å². The Morgan fingerprint density at radius 2 is 1.62 bits per heavy atom. The van der Waals surface area contributed by atoms with Crippen molar-refractivity contribution < 1.29 is 0 Å². The molecule has 5 heterocycles. The molecule has 3 aliphatic rings. The summed E-state index contributed by atoms with van der Waals surface area (Å²) in [6, 6.07) is 2.43. The zero-order chi connectivity index (χ0) is 22.6. The van der Waals surface area contributed by atoms with Crippen LogP contribution in [0.25, 0.3) is 30.4 Å². The molecule has 32 heavy (non-hydrogen) atoms. The molecule has 0 saturated carbocycles. The van der Waals surface area contributed by atoms with Crippen molar-refractivity contribution >= 4 is 30.4 Å². The van der Waals surface area contributed by atoms with Crippen LogP contribution in [0, 0.1) is 13.8 Å². The van der Waals surface area contributed by atoms with Crippen molar-refractivity contribution in [2.45, 2.75) is 39.8 Å². The topological polar surface area (TPSA) is 55.6 Å². The van der Waals surface area contributed by atoms with Gasteiger partial charge in [-0.2, -0.15) is 0 Å². The van der Waals surface area contributed by atoms with Crippen molar-refractivity contribution in [3.8, 4) is 0 Å². The average Bonchev–Trinajstić information content (AvgIpc) is 3.44. The molecule has 4 nitrogen and oxygen atoms in total. The van der Waals surface area contributed by atoms with Gasteiger partial charge in [-0.1, -0.05) is 25.3 Å². The standard InChI is InChI=1S/C28H30N4/c1-7-21-18(6)26-14-28-22(8-2)17(5)25(31-28)12-23-15(3)9-19(29-23)11-20-10-16(4)24(30-20)13-27(21)32-26/h7-14,23,26,29-32H,1-2H2,3-6H3/b19-11-,25-12-,27-13-,28-14-. The largest absolute Gasteiger partial charge is 0.375 e. The van der Waals surface area contributed by atoms with Crippen LogP contribution in [0.15, 0.2) is 59.5 Å². The minimum atomic E-state index is 0.0826. The Labute approximate surface area is 189 Å². The smallest absolute Gasteiger partial charge is 0.0688 e. The number of fused-ring (bicyclic) bond motifs is 8. The maximum absolute atomic E-state index is 4.08. The zero-order valence-corrected chi connectivity index (χ0v) is 19.2. The summed E-state index contributed by atoms with van der Waals surface area (Å²) in [7, 11) is 0. The molecule has 0 spiro atoms. The molecule has 2 aromatic rings. The Morgan fingerprint density at radius 3 is 2.38 bits per heavy atom. The van der Waals surface area contributed by atoms with Gasteiger partial charge in [0.15, 0.2) is 0 Å². The van der Waals surface area contributed by atoms with Gasteiger partial charge >= 0.3 is 0 Å². The first-order valence-corrected chi connectivity index (χ1v) is 11.1. The van der Waals surface area contributed by atoms with E-state index >= 15 is 0 Å². The molecule has 0 radical (unpaired) electrons. The Kier molecular flexibility index (Phi) is 4.74. The summed E-state index contributed by atoms with van der Waals surface area (Å²) in [5, 5.41) is 9.55. The van der Waals surface area contributed by atoms with E-state index in [9.17, 15) is 0 Å². The molecule has 2 unspecified atom stereocenters. The third kappa shape index (κ3) is 3.23. The van der Waals surface area contributed by atoms with Crippen LogP contribution in [0.4, 0.5) is 0 Å². The van der Waals surface area contributed by atoms with Crippen molar-refractivity contribution in [2.24, 2.45) is 0 Å². The van der Waals surface area contributed by atoms with Gasteiger partial charge in [-0.05, 0) is 92.0 Å². The van der Waals surface area contributed by atoms with Crippen molar-refractivity contribution in [1.29, 1.82) is 0 Å². The van der Waals surface area contributed by atoms with E-state index in [0.29, 0.717) is 0 Å². The molecule has 2 aromatic heterocycles. The third-order valence-electron chi connectivity index (χ3n) is 6.81. The average molecular weight is 423 g/mol. The number of rotatable bonds is 2. The molecule has 4 N–H and O–H groups in total. The van der Waals surface area contributed by atoms with Gasteiger partial charge in [0.25, 0.3) is 0 Å². The summed E-state index contributed by atoms with van der Waals surface area (Å²) in [5.41, 5.74) is 11.7.